The maximum absolute atomic E-state index is 11.8. The summed E-state index contributed by atoms with van der Waals surface area (Å²) < 4.78 is 2.47. The Morgan fingerprint density at radius 3 is 2.71 bits per heavy atom. The van der Waals surface area contributed by atoms with E-state index in [1.165, 1.54) is 0 Å². The molecule has 0 unspecified atom stereocenters. The Balaban J connectivity index is 2.87. The first kappa shape index (κ1) is 9.43. The van der Waals surface area contributed by atoms with Crippen molar-refractivity contribution in [3.8, 4) is 0 Å². The minimum Gasteiger partial charge on any atom is -0.326 e. The molecule has 2 rings (SSSR count). The van der Waals surface area contributed by atoms with Crippen molar-refractivity contribution in [3.63, 3.8) is 0 Å². The number of nitrogens with zero attached hydrogens (tertiary/aromatic N) is 1. The van der Waals surface area contributed by atoms with E-state index in [1.807, 2.05) is 18.2 Å². The van der Waals surface area contributed by atoms with Crippen molar-refractivity contribution in [1.82, 2.24) is 4.40 Å². The van der Waals surface area contributed by atoms with Crippen molar-refractivity contribution in [2.24, 2.45) is 5.73 Å². The maximum atomic E-state index is 11.8. The van der Waals surface area contributed by atoms with Gasteiger partial charge in [-0.2, -0.15) is 0 Å². The third-order valence-corrected chi connectivity index (χ3v) is 2.58. The Bertz CT molecular complexity index is 533. The summed E-state index contributed by atoms with van der Waals surface area (Å²) in [5.41, 5.74) is 6.90. The van der Waals surface area contributed by atoms with Crippen LogP contribution in [0.25, 0.3) is 5.52 Å². The van der Waals surface area contributed by atoms with Gasteiger partial charge in [-0.25, -0.2) is 0 Å². The van der Waals surface area contributed by atoms with Crippen molar-refractivity contribution in [3.05, 3.63) is 50.9 Å². The van der Waals surface area contributed by atoms with E-state index in [2.05, 4.69) is 15.9 Å². The summed E-state index contributed by atoms with van der Waals surface area (Å²) in [4.78, 5) is 11.8. The van der Waals surface area contributed by atoms with Gasteiger partial charge in [0.1, 0.15) is 0 Å². The number of halogens is 1. The average molecular weight is 253 g/mol. The lowest BCUT2D eigenvalue weighted by Gasteiger charge is -2.03. The van der Waals surface area contributed by atoms with Gasteiger partial charge in [-0.1, -0.05) is 6.07 Å². The molecular weight excluding hydrogens is 244 g/mol. The van der Waals surface area contributed by atoms with Gasteiger partial charge in [-0.05, 0) is 34.1 Å². The number of aromatic nitrogens is 1. The highest BCUT2D eigenvalue weighted by molar-refractivity contribution is 9.10. The molecular formula is C10H9BrN2O. The van der Waals surface area contributed by atoms with E-state index in [0.29, 0.717) is 5.56 Å². The van der Waals surface area contributed by atoms with Crippen LogP contribution in [0.2, 0.25) is 0 Å². The molecule has 2 aromatic rings. The molecule has 2 heterocycles. The Hall–Kier alpha value is -1.13. The van der Waals surface area contributed by atoms with Crippen molar-refractivity contribution in [2.45, 2.75) is 6.54 Å². The molecule has 4 heteroatoms. The Morgan fingerprint density at radius 1 is 1.29 bits per heavy atom. The van der Waals surface area contributed by atoms with Crippen LogP contribution in [0.4, 0.5) is 0 Å². The van der Waals surface area contributed by atoms with Gasteiger partial charge in [-0.15, -0.1) is 0 Å². The average Bonchev–Trinajstić information content (AvgIpc) is 2.20. The Kier molecular flexibility index (Phi) is 2.39. The van der Waals surface area contributed by atoms with Crippen molar-refractivity contribution in [1.29, 1.82) is 0 Å². The van der Waals surface area contributed by atoms with Crippen LogP contribution < -0.4 is 11.3 Å². The van der Waals surface area contributed by atoms with E-state index in [-0.39, 0.29) is 12.1 Å². The second-order valence-corrected chi connectivity index (χ2v) is 3.93. The first-order chi connectivity index (χ1) is 6.72. The van der Waals surface area contributed by atoms with Gasteiger partial charge in [0.25, 0.3) is 5.56 Å². The number of fused-ring (bicyclic) bond motifs is 1. The molecule has 0 aliphatic heterocycles. The lowest BCUT2D eigenvalue weighted by molar-refractivity contribution is 0.978. The maximum Gasteiger partial charge on any atom is 0.259 e. The zero-order chi connectivity index (χ0) is 10.1. The van der Waals surface area contributed by atoms with Crippen LogP contribution >= 0.6 is 15.9 Å². The molecule has 72 valence electrons. The van der Waals surface area contributed by atoms with E-state index in [9.17, 15) is 4.79 Å². The highest BCUT2D eigenvalue weighted by Gasteiger charge is 2.01. The van der Waals surface area contributed by atoms with Crippen LogP contribution in [0.3, 0.4) is 0 Å². The fourth-order valence-corrected chi connectivity index (χ4v) is 1.70. The first-order valence-corrected chi connectivity index (χ1v) is 5.01. The second-order valence-electron chi connectivity index (χ2n) is 3.01. The molecule has 14 heavy (non-hydrogen) atoms. The third kappa shape index (κ3) is 1.47. The van der Waals surface area contributed by atoms with Crippen LogP contribution in [0.5, 0.6) is 0 Å². The minimum absolute atomic E-state index is 0.0497. The van der Waals surface area contributed by atoms with Gasteiger partial charge >= 0.3 is 0 Å². The molecule has 0 aliphatic carbocycles. The number of hydrogen-bond acceptors (Lipinski definition) is 2. The van der Waals surface area contributed by atoms with Gasteiger partial charge in [0.2, 0.25) is 0 Å². The summed E-state index contributed by atoms with van der Waals surface area (Å²) in [6.45, 7) is 0.272. The highest BCUT2D eigenvalue weighted by Crippen LogP contribution is 2.10. The summed E-state index contributed by atoms with van der Waals surface area (Å²) in [5, 5.41) is 0. The van der Waals surface area contributed by atoms with Crippen molar-refractivity contribution in [2.75, 3.05) is 0 Å². The van der Waals surface area contributed by atoms with Crippen LogP contribution in [-0.2, 0) is 6.54 Å². The summed E-state index contributed by atoms with van der Waals surface area (Å²) in [6.07, 6.45) is 1.75. The quantitative estimate of drug-likeness (QED) is 0.837. The molecule has 0 bridgehead atoms. The molecule has 0 spiro atoms. The van der Waals surface area contributed by atoms with Gasteiger partial charge in [0, 0.05) is 28.3 Å². The normalized spacial score (nSPS) is 10.7. The van der Waals surface area contributed by atoms with Gasteiger partial charge < -0.3 is 5.73 Å². The second kappa shape index (κ2) is 3.55. The van der Waals surface area contributed by atoms with E-state index in [4.69, 9.17) is 5.73 Å². The Labute approximate surface area is 89.3 Å². The largest absolute Gasteiger partial charge is 0.326 e. The topological polar surface area (TPSA) is 47.5 Å². The predicted octanol–water partition coefficient (Wildman–Crippen LogP) is 1.52. The standard InChI is InChI=1S/C10H9BrN2O/c11-8-2-4-9-3-1-7(5-12)10(14)13(9)6-8/h1-4,6H,5,12H2. The minimum atomic E-state index is -0.0497. The smallest absolute Gasteiger partial charge is 0.259 e. The van der Waals surface area contributed by atoms with Gasteiger partial charge in [-0.3, -0.25) is 9.20 Å². The van der Waals surface area contributed by atoms with E-state index in [0.717, 1.165) is 9.99 Å². The number of hydrogen-bond donors (Lipinski definition) is 1. The zero-order valence-corrected chi connectivity index (χ0v) is 8.99. The molecule has 0 atom stereocenters. The first-order valence-electron chi connectivity index (χ1n) is 4.22. The number of pyridine rings is 2. The SMILES string of the molecule is NCc1ccc2ccc(Br)cn2c1=O. The lowest BCUT2D eigenvalue weighted by atomic mass is 10.2. The lowest BCUT2D eigenvalue weighted by Crippen LogP contribution is -2.20. The van der Waals surface area contributed by atoms with Gasteiger partial charge in [0.15, 0.2) is 0 Å². The molecule has 0 aliphatic rings. The summed E-state index contributed by atoms with van der Waals surface area (Å²) >= 11 is 3.32. The fourth-order valence-electron chi connectivity index (χ4n) is 1.37. The van der Waals surface area contributed by atoms with E-state index < -0.39 is 0 Å². The molecule has 0 radical (unpaired) electrons. The van der Waals surface area contributed by atoms with Crippen LogP contribution in [-0.4, -0.2) is 4.40 Å². The summed E-state index contributed by atoms with van der Waals surface area (Å²) in [5.74, 6) is 0. The van der Waals surface area contributed by atoms with E-state index in [1.54, 1.807) is 16.7 Å². The van der Waals surface area contributed by atoms with Crippen LogP contribution in [0.15, 0.2) is 39.7 Å². The fraction of sp³-hybridized carbons (Fsp3) is 0.100. The molecule has 0 saturated heterocycles. The van der Waals surface area contributed by atoms with Gasteiger partial charge in [0.05, 0.1) is 0 Å². The number of nitrogens with two attached hydrogens (primary N) is 1. The third-order valence-electron chi connectivity index (χ3n) is 2.11. The molecule has 0 saturated carbocycles. The predicted molar refractivity (Wildman–Crippen MR) is 59.3 cm³/mol. The molecule has 0 fully saturated rings. The van der Waals surface area contributed by atoms with Crippen LogP contribution in [0, 0.1) is 0 Å². The van der Waals surface area contributed by atoms with Crippen molar-refractivity contribution >= 4 is 21.4 Å². The highest BCUT2D eigenvalue weighted by atomic mass is 79.9. The summed E-state index contributed by atoms with van der Waals surface area (Å²) in [6, 6.07) is 7.43. The molecule has 3 nitrogen and oxygen atoms in total. The Morgan fingerprint density at radius 2 is 2.00 bits per heavy atom. The monoisotopic (exact) mass is 252 g/mol. The van der Waals surface area contributed by atoms with Crippen LogP contribution in [0.1, 0.15) is 5.56 Å². The molecule has 2 aromatic heterocycles. The van der Waals surface area contributed by atoms with Crippen molar-refractivity contribution < 1.29 is 0 Å². The molecule has 2 N–H and O–H groups in total. The number of rotatable bonds is 1. The zero-order valence-electron chi connectivity index (χ0n) is 7.40. The molecule has 0 amide bonds. The summed E-state index contributed by atoms with van der Waals surface area (Å²) in [7, 11) is 0. The molecule has 0 aromatic carbocycles. The van der Waals surface area contributed by atoms with E-state index >= 15 is 0 Å².